The highest BCUT2D eigenvalue weighted by molar-refractivity contribution is 7.70. The van der Waals surface area contributed by atoms with Gasteiger partial charge in [0.1, 0.15) is 0 Å². The second-order valence-electron chi connectivity index (χ2n) is 2.79. The minimum absolute atomic E-state index is 0.190. The van der Waals surface area contributed by atoms with E-state index in [1.54, 1.807) is 6.92 Å². The normalized spacial score (nSPS) is 18.9. The Hall–Kier alpha value is 0.260. The molecule has 0 aliphatic carbocycles. The van der Waals surface area contributed by atoms with Crippen molar-refractivity contribution in [1.82, 2.24) is 0 Å². The first-order chi connectivity index (χ1) is 6.16. The quantitative estimate of drug-likeness (QED) is 0.581. The summed E-state index contributed by atoms with van der Waals surface area (Å²) < 4.78 is 30.6. The Morgan fingerprint density at radius 3 is 2.14 bits per heavy atom. The van der Waals surface area contributed by atoms with Crippen LogP contribution in [0.5, 0.6) is 0 Å². The van der Waals surface area contributed by atoms with Gasteiger partial charge in [0, 0.05) is 7.11 Å². The molecule has 0 rings (SSSR count). The van der Waals surface area contributed by atoms with E-state index in [-0.39, 0.29) is 6.61 Å². The van der Waals surface area contributed by atoms with Crippen LogP contribution in [0.2, 0.25) is 0 Å². The lowest BCUT2D eigenvalue weighted by Crippen LogP contribution is -2.13. The number of ether oxygens (including phenoxy) is 1. The molecule has 0 aliphatic heterocycles. The van der Waals surface area contributed by atoms with Crippen molar-refractivity contribution >= 4 is 15.2 Å². The van der Waals surface area contributed by atoms with Crippen LogP contribution < -0.4 is 0 Å². The molecule has 0 aromatic rings. The molecule has 0 saturated heterocycles. The molecule has 14 heavy (non-hydrogen) atoms. The van der Waals surface area contributed by atoms with Crippen LogP contribution in [0.25, 0.3) is 0 Å². The zero-order valence-electron chi connectivity index (χ0n) is 7.86. The SMILES string of the molecule is COC(C)COP(=O)(O)CP(=O)(O)O. The first-order valence-corrected chi connectivity index (χ1v) is 7.26. The lowest BCUT2D eigenvalue weighted by atomic mass is 10.4. The number of rotatable bonds is 6. The Bertz CT molecular complexity index is 259. The largest absolute Gasteiger partial charge is 0.379 e. The molecule has 0 spiro atoms. The molecule has 0 saturated carbocycles. The summed E-state index contributed by atoms with van der Waals surface area (Å²) >= 11 is 0. The second kappa shape index (κ2) is 5.37. The van der Waals surface area contributed by atoms with Crippen molar-refractivity contribution in [1.29, 1.82) is 0 Å². The summed E-state index contributed by atoms with van der Waals surface area (Å²) in [5.74, 6) is -1.17. The van der Waals surface area contributed by atoms with Crippen LogP contribution in [0.1, 0.15) is 6.92 Å². The molecule has 0 heterocycles. The van der Waals surface area contributed by atoms with Crippen molar-refractivity contribution in [2.45, 2.75) is 13.0 Å². The lowest BCUT2D eigenvalue weighted by molar-refractivity contribution is 0.0672. The van der Waals surface area contributed by atoms with Crippen LogP contribution >= 0.6 is 15.2 Å². The molecule has 0 fully saturated rings. The highest BCUT2D eigenvalue weighted by Gasteiger charge is 2.31. The summed E-state index contributed by atoms with van der Waals surface area (Å²) in [5, 5.41) is 0. The first-order valence-electron chi connectivity index (χ1n) is 3.70. The van der Waals surface area contributed by atoms with E-state index in [0.717, 1.165) is 0 Å². The summed E-state index contributed by atoms with van der Waals surface area (Å²) in [4.78, 5) is 25.9. The first kappa shape index (κ1) is 14.3. The fraction of sp³-hybridized carbons (Fsp3) is 1.00. The van der Waals surface area contributed by atoms with E-state index in [4.69, 9.17) is 19.4 Å². The van der Waals surface area contributed by atoms with Crippen LogP contribution in [0.3, 0.4) is 0 Å². The zero-order valence-corrected chi connectivity index (χ0v) is 9.65. The fourth-order valence-corrected chi connectivity index (χ4v) is 3.20. The molecular formula is C5H14O7P2. The van der Waals surface area contributed by atoms with Gasteiger partial charge in [0.15, 0.2) is 5.90 Å². The van der Waals surface area contributed by atoms with Gasteiger partial charge in [-0.1, -0.05) is 0 Å². The molecule has 0 aromatic heterocycles. The summed E-state index contributed by atoms with van der Waals surface area (Å²) in [6.07, 6.45) is -0.410. The van der Waals surface area contributed by atoms with Crippen LogP contribution in [-0.4, -0.2) is 40.4 Å². The maximum absolute atomic E-state index is 11.0. The Morgan fingerprint density at radius 1 is 1.29 bits per heavy atom. The van der Waals surface area contributed by atoms with Crippen molar-refractivity contribution in [2.75, 3.05) is 19.6 Å². The minimum atomic E-state index is -4.53. The summed E-state index contributed by atoms with van der Waals surface area (Å²) in [5.41, 5.74) is 0. The molecule has 0 aliphatic rings. The second-order valence-corrected chi connectivity index (χ2v) is 6.78. The van der Waals surface area contributed by atoms with Gasteiger partial charge in [-0.15, -0.1) is 0 Å². The molecule has 2 unspecified atom stereocenters. The van der Waals surface area contributed by atoms with Crippen molar-refractivity contribution < 1.29 is 33.1 Å². The maximum atomic E-state index is 11.0. The minimum Gasteiger partial charge on any atom is -0.379 e. The molecule has 0 radical (unpaired) electrons. The van der Waals surface area contributed by atoms with Gasteiger partial charge in [-0.25, -0.2) is 0 Å². The number of hydrogen-bond donors (Lipinski definition) is 3. The smallest absolute Gasteiger partial charge is 0.340 e. The van der Waals surface area contributed by atoms with Gasteiger partial charge in [-0.05, 0) is 6.92 Å². The lowest BCUT2D eigenvalue weighted by Gasteiger charge is -2.15. The number of methoxy groups -OCH3 is 1. The number of hydrogen-bond acceptors (Lipinski definition) is 4. The van der Waals surface area contributed by atoms with Gasteiger partial charge in [0.05, 0.1) is 12.7 Å². The topological polar surface area (TPSA) is 113 Å². The van der Waals surface area contributed by atoms with Gasteiger partial charge in [-0.3, -0.25) is 9.13 Å². The standard InChI is InChI=1S/C5H14O7P2/c1-5(11-2)3-12-14(9,10)4-13(6,7)8/h5H,3-4H2,1-2H3,(H,9,10)(H2,6,7,8). The van der Waals surface area contributed by atoms with Crippen molar-refractivity contribution in [3.05, 3.63) is 0 Å². The summed E-state index contributed by atoms with van der Waals surface area (Å²) in [6.45, 7) is 1.40. The van der Waals surface area contributed by atoms with Crippen molar-refractivity contribution in [2.24, 2.45) is 0 Å². The summed E-state index contributed by atoms with van der Waals surface area (Å²) in [7, 11) is -7.37. The zero-order chi connectivity index (χ0) is 11.4. The van der Waals surface area contributed by atoms with Gasteiger partial charge < -0.3 is 23.9 Å². The Kier molecular flexibility index (Phi) is 5.47. The van der Waals surface area contributed by atoms with E-state index in [0.29, 0.717) is 0 Å². The molecule has 9 heteroatoms. The van der Waals surface area contributed by atoms with E-state index in [1.165, 1.54) is 7.11 Å². The maximum Gasteiger partial charge on any atom is 0.340 e. The van der Waals surface area contributed by atoms with Crippen LogP contribution in [0.15, 0.2) is 0 Å². The van der Waals surface area contributed by atoms with Crippen LogP contribution in [0.4, 0.5) is 0 Å². The molecule has 0 aromatic carbocycles. The molecule has 2 atom stereocenters. The van der Waals surface area contributed by atoms with Crippen molar-refractivity contribution in [3.63, 3.8) is 0 Å². The molecule has 3 N–H and O–H groups in total. The van der Waals surface area contributed by atoms with E-state index >= 15 is 0 Å². The van der Waals surface area contributed by atoms with Crippen LogP contribution in [-0.2, 0) is 18.4 Å². The third kappa shape index (κ3) is 7.64. The van der Waals surface area contributed by atoms with Gasteiger partial charge in [-0.2, -0.15) is 0 Å². The summed E-state index contributed by atoms with van der Waals surface area (Å²) in [6, 6.07) is 0. The van der Waals surface area contributed by atoms with Gasteiger partial charge in [0.25, 0.3) is 0 Å². The third-order valence-electron chi connectivity index (χ3n) is 1.28. The van der Waals surface area contributed by atoms with E-state index in [1.807, 2.05) is 0 Å². The van der Waals surface area contributed by atoms with Gasteiger partial charge in [0.2, 0.25) is 0 Å². The molecule has 7 nitrogen and oxygen atoms in total. The molecular weight excluding hydrogens is 234 g/mol. The van der Waals surface area contributed by atoms with Crippen LogP contribution in [0, 0.1) is 0 Å². The fourth-order valence-electron chi connectivity index (χ4n) is 0.563. The average Bonchev–Trinajstić information content (AvgIpc) is 1.96. The molecule has 86 valence electrons. The van der Waals surface area contributed by atoms with Gasteiger partial charge >= 0.3 is 15.2 Å². The highest BCUT2D eigenvalue weighted by Crippen LogP contribution is 2.55. The monoisotopic (exact) mass is 248 g/mol. The Morgan fingerprint density at radius 2 is 1.79 bits per heavy atom. The predicted octanol–water partition coefficient (Wildman–Crippen LogP) is 0.358. The van der Waals surface area contributed by atoms with E-state index in [2.05, 4.69) is 4.52 Å². The average molecular weight is 248 g/mol. The van der Waals surface area contributed by atoms with E-state index < -0.39 is 27.2 Å². The predicted molar refractivity (Wildman–Crippen MR) is 49.2 cm³/mol. The Labute approximate surface area is 81.7 Å². The van der Waals surface area contributed by atoms with Crippen molar-refractivity contribution in [3.8, 4) is 0 Å². The molecule has 0 amide bonds. The third-order valence-corrected chi connectivity index (χ3v) is 4.73. The highest BCUT2D eigenvalue weighted by atomic mass is 31.2. The van der Waals surface area contributed by atoms with E-state index in [9.17, 15) is 9.13 Å². The molecule has 0 bridgehead atoms. The Balaban J connectivity index is 4.09.